The van der Waals surface area contributed by atoms with Crippen LogP contribution in [0.5, 0.6) is 0 Å². The van der Waals surface area contributed by atoms with Gasteiger partial charge in [-0.05, 0) is 66.4 Å². The Kier molecular flexibility index (Phi) is 11.5. The van der Waals surface area contributed by atoms with E-state index in [2.05, 4.69) is 21.2 Å². The second kappa shape index (κ2) is 15.3. The zero-order valence-corrected chi connectivity index (χ0v) is 27.9. The molecule has 236 valence electrons. The third-order valence-corrected chi connectivity index (χ3v) is 9.49. The van der Waals surface area contributed by atoms with Gasteiger partial charge >= 0.3 is 0 Å². The summed E-state index contributed by atoms with van der Waals surface area (Å²) in [6, 6.07) is 27.1. The van der Waals surface area contributed by atoms with E-state index < -0.39 is 34.3 Å². The summed E-state index contributed by atoms with van der Waals surface area (Å²) in [4.78, 5) is 29.7. The number of aryl methyl sites for hydroxylation is 1. The summed E-state index contributed by atoms with van der Waals surface area (Å²) >= 11 is 3.42. The number of rotatable bonds is 13. The fraction of sp³-hybridized carbons (Fsp3) is 0.257. The van der Waals surface area contributed by atoms with Crippen LogP contribution in [-0.2, 0) is 32.6 Å². The summed E-state index contributed by atoms with van der Waals surface area (Å²) in [7, 11) is -4.21. The van der Waals surface area contributed by atoms with Crippen LogP contribution < -0.4 is 9.62 Å². The molecule has 45 heavy (non-hydrogen) atoms. The van der Waals surface area contributed by atoms with Gasteiger partial charge in [-0.1, -0.05) is 96.0 Å². The van der Waals surface area contributed by atoms with E-state index in [1.807, 2.05) is 51.1 Å². The highest BCUT2D eigenvalue weighted by Crippen LogP contribution is 2.27. The number of sulfonamides is 1. The summed E-state index contributed by atoms with van der Waals surface area (Å²) < 4.78 is 43.7. The first-order valence-electron chi connectivity index (χ1n) is 14.6. The largest absolute Gasteiger partial charge is 0.354 e. The Morgan fingerprint density at radius 1 is 0.867 bits per heavy atom. The Labute approximate surface area is 273 Å². The van der Waals surface area contributed by atoms with Crippen LogP contribution in [0.2, 0.25) is 0 Å². The van der Waals surface area contributed by atoms with Crippen LogP contribution in [0.3, 0.4) is 0 Å². The number of halogens is 2. The first-order chi connectivity index (χ1) is 21.4. The second-order valence-electron chi connectivity index (χ2n) is 11.3. The molecule has 0 saturated heterocycles. The molecular weight excluding hydrogens is 657 g/mol. The highest BCUT2D eigenvalue weighted by Gasteiger charge is 2.34. The topological polar surface area (TPSA) is 86.8 Å². The molecule has 2 amide bonds. The van der Waals surface area contributed by atoms with Gasteiger partial charge in [0, 0.05) is 24.0 Å². The van der Waals surface area contributed by atoms with Crippen LogP contribution in [0.4, 0.5) is 10.1 Å². The zero-order valence-electron chi connectivity index (χ0n) is 25.5. The average molecular weight is 695 g/mol. The van der Waals surface area contributed by atoms with Crippen LogP contribution in [0, 0.1) is 18.7 Å². The highest BCUT2D eigenvalue weighted by molar-refractivity contribution is 9.10. The van der Waals surface area contributed by atoms with Crippen LogP contribution in [0.25, 0.3) is 0 Å². The Bertz CT molecular complexity index is 1700. The number of hydrogen-bond donors (Lipinski definition) is 1. The van der Waals surface area contributed by atoms with E-state index in [-0.39, 0.29) is 35.4 Å². The highest BCUT2D eigenvalue weighted by atomic mass is 79.9. The lowest BCUT2D eigenvalue weighted by Crippen LogP contribution is -2.53. The van der Waals surface area contributed by atoms with Crippen molar-refractivity contribution in [3.8, 4) is 0 Å². The lowest BCUT2D eigenvalue weighted by molar-refractivity contribution is -0.140. The van der Waals surface area contributed by atoms with Crippen molar-refractivity contribution in [2.24, 2.45) is 5.92 Å². The quantitative estimate of drug-likeness (QED) is 0.173. The molecule has 4 rings (SSSR count). The van der Waals surface area contributed by atoms with Gasteiger partial charge in [0.05, 0.1) is 10.6 Å². The predicted molar refractivity (Wildman–Crippen MR) is 179 cm³/mol. The van der Waals surface area contributed by atoms with Crippen molar-refractivity contribution in [1.29, 1.82) is 0 Å². The fourth-order valence-corrected chi connectivity index (χ4v) is 6.55. The third-order valence-electron chi connectivity index (χ3n) is 7.21. The molecule has 0 aromatic heterocycles. The van der Waals surface area contributed by atoms with Crippen molar-refractivity contribution in [1.82, 2.24) is 10.2 Å². The van der Waals surface area contributed by atoms with E-state index in [0.717, 1.165) is 15.4 Å². The van der Waals surface area contributed by atoms with Gasteiger partial charge < -0.3 is 10.2 Å². The first kappa shape index (κ1) is 33.9. The van der Waals surface area contributed by atoms with Crippen LogP contribution >= 0.6 is 15.9 Å². The molecule has 0 bridgehead atoms. The van der Waals surface area contributed by atoms with Gasteiger partial charge in [0.1, 0.15) is 18.4 Å². The number of nitrogens with zero attached hydrogens (tertiary/aromatic N) is 2. The van der Waals surface area contributed by atoms with Gasteiger partial charge in [-0.25, -0.2) is 12.8 Å². The molecular formula is C35H37BrFN3O4S. The SMILES string of the molecule is Cc1ccc(S(=O)(=O)N(CC(=O)N(Cc2ccc(F)cc2)[C@@H](Cc2ccccc2)C(=O)NCC(C)C)c2cccc(Br)c2)cc1. The zero-order chi connectivity index (χ0) is 32.6. The molecule has 0 radical (unpaired) electrons. The molecule has 1 atom stereocenters. The number of carbonyl (C=O) groups is 2. The van der Waals surface area contributed by atoms with Gasteiger partial charge in [0.15, 0.2) is 0 Å². The predicted octanol–water partition coefficient (Wildman–Crippen LogP) is 6.50. The van der Waals surface area contributed by atoms with Gasteiger partial charge in [-0.15, -0.1) is 0 Å². The molecule has 10 heteroatoms. The number of nitrogens with one attached hydrogen (secondary N) is 1. The standard InChI is InChI=1S/C35H37BrFN3O4S/c1-25(2)22-38-35(42)33(20-27-8-5-4-6-9-27)39(23-28-14-16-30(37)17-15-28)34(41)24-40(31-11-7-10-29(36)21-31)45(43,44)32-18-12-26(3)13-19-32/h4-19,21,25,33H,20,22-24H2,1-3H3,(H,38,42)/t33-/m0/s1. The molecule has 0 aliphatic rings. The smallest absolute Gasteiger partial charge is 0.264 e. The Morgan fingerprint density at radius 3 is 2.16 bits per heavy atom. The van der Waals surface area contributed by atoms with Crippen molar-refractivity contribution >= 4 is 43.5 Å². The van der Waals surface area contributed by atoms with E-state index in [9.17, 15) is 22.4 Å². The summed E-state index contributed by atoms with van der Waals surface area (Å²) in [6.45, 7) is 5.59. The van der Waals surface area contributed by atoms with Gasteiger partial charge in [0.2, 0.25) is 11.8 Å². The Balaban J connectivity index is 1.79. The first-order valence-corrected chi connectivity index (χ1v) is 16.9. The van der Waals surface area contributed by atoms with E-state index >= 15 is 0 Å². The van der Waals surface area contributed by atoms with E-state index in [1.165, 1.54) is 29.2 Å². The summed E-state index contributed by atoms with van der Waals surface area (Å²) in [5.41, 5.74) is 2.59. The Hall–Kier alpha value is -4.02. The number of amides is 2. The van der Waals surface area contributed by atoms with E-state index in [4.69, 9.17) is 0 Å². The molecule has 0 aliphatic heterocycles. The van der Waals surface area contributed by atoms with Crippen molar-refractivity contribution < 1.29 is 22.4 Å². The molecule has 7 nitrogen and oxygen atoms in total. The molecule has 0 heterocycles. The van der Waals surface area contributed by atoms with Crippen LogP contribution in [-0.4, -0.2) is 44.3 Å². The van der Waals surface area contributed by atoms with Crippen molar-refractivity contribution in [3.05, 3.63) is 130 Å². The molecule has 0 unspecified atom stereocenters. The van der Waals surface area contributed by atoms with E-state index in [0.29, 0.717) is 16.6 Å². The Morgan fingerprint density at radius 2 is 1.53 bits per heavy atom. The minimum absolute atomic E-state index is 0.0291. The fourth-order valence-electron chi connectivity index (χ4n) is 4.76. The number of anilines is 1. The molecule has 0 spiro atoms. The maximum atomic E-state index is 14.4. The molecule has 4 aromatic carbocycles. The van der Waals surface area contributed by atoms with Crippen molar-refractivity contribution in [2.75, 3.05) is 17.4 Å². The normalized spacial score (nSPS) is 12.0. The number of benzene rings is 4. The lowest BCUT2D eigenvalue weighted by Gasteiger charge is -2.34. The van der Waals surface area contributed by atoms with E-state index in [1.54, 1.807) is 48.5 Å². The average Bonchev–Trinajstić information content (AvgIpc) is 3.01. The third kappa shape index (κ3) is 9.25. The minimum Gasteiger partial charge on any atom is -0.354 e. The maximum absolute atomic E-state index is 14.4. The maximum Gasteiger partial charge on any atom is 0.264 e. The van der Waals surface area contributed by atoms with Crippen molar-refractivity contribution in [3.63, 3.8) is 0 Å². The summed E-state index contributed by atoms with van der Waals surface area (Å²) in [6.07, 6.45) is 0.194. The molecule has 4 aromatic rings. The summed E-state index contributed by atoms with van der Waals surface area (Å²) in [5, 5.41) is 2.96. The number of carbonyl (C=O) groups excluding carboxylic acids is 2. The van der Waals surface area contributed by atoms with Gasteiger partial charge in [0.25, 0.3) is 10.0 Å². The molecule has 0 saturated carbocycles. The minimum atomic E-state index is -4.21. The second-order valence-corrected chi connectivity index (χ2v) is 14.1. The monoisotopic (exact) mass is 693 g/mol. The molecule has 1 N–H and O–H groups in total. The number of hydrogen-bond acceptors (Lipinski definition) is 4. The van der Waals surface area contributed by atoms with Crippen LogP contribution in [0.1, 0.15) is 30.5 Å². The van der Waals surface area contributed by atoms with Gasteiger partial charge in [-0.2, -0.15) is 0 Å². The molecule has 0 fully saturated rings. The molecule has 0 aliphatic carbocycles. The lowest BCUT2D eigenvalue weighted by atomic mass is 10.0. The van der Waals surface area contributed by atoms with Gasteiger partial charge in [-0.3, -0.25) is 13.9 Å². The van der Waals surface area contributed by atoms with Crippen LogP contribution in [0.15, 0.2) is 112 Å². The summed E-state index contributed by atoms with van der Waals surface area (Å²) in [5.74, 6) is -1.22. The van der Waals surface area contributed by atoms with Crippen molar-refractivity contribution in [2.45, 2.75) is 44.7 Å².